The van der Waals surface area contributed by atoms with Crippen LogP contribution in [-0.4, -0.2) is 10.2 Å². The summed E-state index contributed by atoms with van der Waals surface area (Å²) in [5, 5.41) is 13.9. The highest BCUT2D eigenvalue weighted by atomic mass is 16.4. The summed E-state index contributed by atoms with van der Waals surface area (Å²) in [4.78, 5) is 3.31. The van der Waals surface area contributed by atoms with Crippen molar-refractivity contribution in [3.63, 3.8) is 0 Å². The molecule has 0 atom stereocenters. The third-order valence-electron chi connectivity index (χ3n) is 2.72. The first-order chi connectivity index (χ1) is 7.88. The molecule has 16 heavy (non-hydrogen) atoms. The highest BCUT2D eigenvalue weighted by Gasteiger charge is 2.05. The standard InChI is InChI=1S/C13H10N2O/c16-15-13-7-3-6-12-10(13)8-9-4-1-2-5-11(9)14-12/h1-8,14,16H. The smallest absolute Gasteiger partial charge is 0.111 e. The van der Waals surface area contributed by atoms with Crippen molar-refractivity contribution in [3.8, 4) is 11.3 Å². The van der Waals surface area contributed by atoms with Gasteiger partial charge in [0.1, 0.15) is 5.36 Å². The van der Waals surface area contributed by atoms with E-state index >= 15 is 0 Å². The number of H-pyrrole nitrogens is 1. The molecule has 0 aromatic heterocycles. The Morgan fingerprint density at radius 3 is 2.75 bits per heavy atom. The van der Waals surface area contributed by atoms with E-state index in [1.165, 1.54) is 0 Å². The molecule has 3 nitrogen and oxygen atoms in total. The summed E-state index contributed by atoms with van der Waals surface area (Å²) in [5.74, 6) is 0. The fourth-order valence-electron chi connectivity index (χ4n) is 1.94. The van der Waals surface area contributed by atoms with Gasteiger partial charge in [0.05, 0.1) is 0 Å². The van der Waals surface area contributed by atoms with Gasteiger partial charge in [-0.1, -0.05) is 29.4 Å². The van der Waals surface area contributed by atoms with E-state index < -0.39 is 0 Å². The lowest BCUT2D eigenvalue weighted by atomic mass is 10.1. The van der Waals surface area contributed by atoms with Crippen molar-refractivity contribution in [1.82, 2.24) is 4.98 Å². The molecule has 0 unspecified atom stereocenters. The Hall–Kier alpha value is -2.29. The van der Waals surface area contributed by atoms with Gasteiger partial charge in [0, 0.05) is 16.8 Å². The maximum atomic E-state index is 8.92. The number of para-hydroxylation sites is 1. The van der Waals surface area contributed by atoms with Gasteiger partial charge in [0.15, 0.2) is 0 Å². The Labute approximate surface area is 92.0 Å². The van der Waals surface area contributed by atoms with Gasteiger partial charge < -0.3 is 10.2 Å². The Kier molecular flexibility index (Phi) is 1.90. The average molecular weight is 210 g/mol. The normalized spacial score (nSPS) is 12.4. The highest BCUT2D eigenvalue weighted by molar-refractivity contribution is 5.85. The maximum Gasteiger partial charge on any atom is 0.111 e. The van der Waals surface area contributed by atoms with Gasteiger partial charge in [-0.3, -0.25) is 0 Å². The molecular formula is C13H10N2O. The second kappa shape index (κ2) is 3.38. The third-order valence-corrected chi connectivity index (χ3v) is 2.72. The molecule has 1 aliphatic heterocycles. The minimum absolute atomic E-state index is 0.583. The van der Waals surface area contributed by atoms with Crippen LogP contribution in [0.4, 0.5) is 0 Å². The van der Waals surface area contributed by atoms with Crippen molar-refractivity contribution in [2.24, 2.45) is 5.16 Å². The number of aromatic amines is 1. The van der Waals surface area contributed by atoms with Crippen LogP contribution in [0.1, 0.15) is 0 Å². The molecule has 78 valence electrons. The number of benzene rings is 2. The molecule has 2 N–H and O–H groups in total. The van der Waals surface area contributed by atoms with Crippen LogP contribution in [0.3, 0.4) is 0 Å². The number of nitrogens with one attached hydrogen (secondary N) is 1. The number of aromatic nitrogens is 1. The summed E-state index contributed by atoms with van der Waals surface area (Å²) in [7, 11) is 0. The monoisotopic (exact) mass is 210 g/mol. The number of fused-ring (bicyclic) bond motifs is 2. The van der Waals surface area contributed by atoms with E-state index in [0.717, 1.165) is 22.2 Å². The minimum atomic E-state index is 0.583. The molecule has 0 radical (unpaired) electrons. The molecule has 0 amide bonds. The molecule has 1 heterocycles. The zero-order chi connectivity index (χ0) is 11.0. The van der Waals surface area contributed by atoms with Gasteiger partial charge in [0.25, 0.3) is 0 Å². The number of nitrogens with zero attached hydrogens (tertiary/aromatic N) is 1. The van der Waals surface area contributed by atoms with Crippen LogP contribution in [0, 0.1) is 0 Å². The van der Waals surface area contributed by atoms with E-state index in [2.05, 4.69) is 10.1 Å². The van der Waals surface area contributed by atoms with Crippen molar-refractivity contribution >= 4 is 10.9 Å². The summed E-state index contributed by atoms with van der Waals surface area (Å²) in [6.45, 7) is 0. The first kappa shape index (κ1) is 8.97. The van der Waals surface area contributed by atoms with Gasteiger partial charge >= 0.3 is 0 Å². The van der Waals surface area contributed by atoms with Gasteiger partial charge in [-0.15, -0.1) is 0 Å². The lowest BCUT2D eigenvalue weighted by Crippen LogP contribution is -2.07. The van der Waals surface area contributed by atoms with Crippen LogP contribution in [0.15, 0.2) is 53.7 Å². The molecule has 1 aromatic rings. The molecule has 0 bridgehead atoms. The van der Waals surface area contributed by atoms with E-state index in [-0.39, 0.29) is 0 Å². The SMILES string of the molecule is ON=c1cccc2[nH]c3ccccc3cc1-2. The average Bonchev–Trinajstić information content (AvgIpc) is 2.35. The molecule has 0 spiro atoms. The fraction of sp³-hybridized carbons (Fsp3) is 0. The van der Waals surface area contributed by atoms with Crippen molar-refractivity contribution in [1.29, 1.82) is 0 Å². The zero-order valence-corrected chi connectivity index (χ0v) is 8.51. The van der Waals surface area contributed by atoms with Gasteiger partial charge in [0.2, 0.25) is 0 Å². The summed E-state index contributed by atoms with van der Waals surface area (Å²) in [6, 6.07) is 15.7. The lowest BCUT2D eigenvalue weighted by molar-refractivity contribution is 0.302. The number of hydrogen-bond acceptors (Lipinski definition) is 2. The highest BCUT2D eigenvalue weighted by Crippen LogP contribution is 2.21. The quantitative estimate of drug-likeness (QED) is 0.334. The van der Waals surface area contributed by atoms with E-state index in [0.29, 0.717) is 5.36 Å². The summed E-state index contributed by atoms with van der Waals surface area (Å²) >= 11 is 0. The van der Waals surface area contributed by atoms with Crippen LogP contribution in [-0.2, 0) is 0 Å². The minimum Gasteiger partial charge on any atom is -0.410 e. The van der Waals surface area contributed by atoms with Gasteiger partial charge in [-0.2, -0.15) is 0 Å². The Morgan fingerprint density at radius 2 is 1.88 bits per heavy atom. The van der Waals surface area contributed by atoms with Gasteiger partial charge in [-0.25, -0.2) is 0 Å². The lowest BCUT2D eigenvalue weighted by Gasteiger charge is -2.07. The number of pyridine rings is 1. The molecule has 3 rings (SSSR count). The molecule has 1 aromatic carbocycles. The molecule has 0 saturated carbocycles. The van der Waals surface area contributed by atoms with Gasteiger partial charge in [-0.05, 0) is 29.7 Å². The van der Waals surface area contributed by atoms with E-state index in [1.54, 1.807) is 6.07 Å². The summed E-state index contributed by atoms with van der Waals surface area (Å²) in [6.07, 6.45) is 0. The Balaban J connectivity index is 2.52. The van der Waals surface area contributed by atoms with Crippen molar-refractivity contribution < 1.29 is 5.21 Å². The van der Waals surface area contributed by atoms with E-state index in [9.17, 15) is 0 Å². The number of hydrogen-bond donors (Lipinski definition) is 2. The van der Waals surface area contributed by atoms with Crippen LogP contribution >= 0.6 is 0 Å². The molecule has 0 saturated heterocycles. The molecule has 0 fully saturated rings. The fourth-order valence-corrected chi connectivity index (χ4v) is 1.94. The number of rotatable bonds is 0. The Bertz CT molecular complexity index is 685. The predicted octanol–water partition coefficient (Wildman–Crippen LogP) is 2.56. The predicted molar refractivity (Wildman–Crippen MR) is 62.3 cm³/mol. The first-order valence-electron chi connectivity index (χ1n) is 5.07. The maximum absolute atomic E-state index is 8.92. The summed E-state index contributed by atoms with van der Waals surface area (Å²) in [5.41, 5.74) is 2.96. The third kappa shape index (κ3) is 1.26. The largest absolute Gasteiger partial charge is 0.410 e. The zero-order valence-electron chi connectivity index (χ0n) is 8.51. The Morgan fingerprint density at radius 1 is 1.00 bits per heavy atom. The topological polar surface area (TPSA) is 48.4 Å². The second-order valence-electron chi connectivity index (χ2n) is 3.69. The van der Waals surface area contributed by atoms with Crippen LogP contribution in [0.2, 0.25) is 0 Å². The van der Waals surface area contributed by atoms with Crippen LogP contribution in [0.25, 0.3) is 22.2 Å². The van der Waals surface area contributed by atoms with E-state index in [4.69, 9.17) is 5.21 Å². The summed E-state index contributed by atoms with van der Waals surface area (Å²) < 4.78 is 0. The molecule has 1 aliphatic carbocycles. The molecule has 2 aliphatic rings. The molecular weight excluding hydrogens is 200 g/mol. The van der Waals surface area contributed by atoms with E-state index in [1.807, 2.05) is 42.5 Å². The molecule has 3 heteroatoms. The second-order valence-corrected chi connectivity index (χ2v) is 3.69. The van der Waals surface area contributed by atoms with Crippen LogP contribution < -0.4 is 5.36 Å². The van der Waals surface area contributed by atoms with Crippen molar-refractivity contribution in [2.45, 2.75) is 0 Å². The van der Waals surface area contributed by atoms with Crippen molar-refractivity contribution in [3.05, 3.63) is 53.9 Å². The van der Waals surface area contributed by atoms with Crippen LogP contribution in [0.5, 0.6) is 0 Å². The van der Waals surface area contributed by atoms with Crippen molar-refractivity contribution in [2.75, 3.05) is 0 Å². The first-order valence-corrected chi connectivity index (χ1v) is 5.07.